The molecule has 7 nitrogen and oxygen atoms in total. The molecule has 4 rings (SSSR count). The molecule has 1 aliphatic heterocycles. The Morgan fingerprint density at radius 2 is 1.92 bits per heavy atom. The Labute approximate surface area is 224 Å². The van der Waals surface area contributed by atoms with Crippen molar-refractivity contribution >= 4 is 44.7 Å². The highest BCUT2D eigenvalue weighted by Gasteiger charge is 2.31. The van der Waals surface area contributed by atoms with Crippen molar-refractivity contribution in [2.75, 3.05) is 26.7 Å². The third-order valence-corrected chi connectivity index (χ3v) is 7.54. The first-order valence-electron chi connectivity index (χ1n) is 12.1. The highest BCUT2D eigenvalue weighted by atomic mass is 35.5. The van der Waals surface area contributed by atoms with Crippen LogP contribution in [-0.4, -0.2) is 60.6 Å². The molecule has 10 heteroatoms. The maximum Gasteiger partial charge on any atom is 0.293 e. The minimum Gasteiger partial charge on any atom is -0.493 e. The van der Waals surface area contributed by atoms with Gasteiger partial charge in [0.2, 0.25) is 0 Å². The van der Waals surface area contributed by atoms with Gasteiger partial charge in [-0.1, -0.05) is 17.7 Å². The monoisotopic (exact) mass is 548 g/mol. The first kappa shape index (κ1) is 27.3. The van der Waals surface area contributed by atoms with E-state index in [1.165, 1.54) is 30.6 Å². The Bertz CT molecular complexity index is 1290. The lowest BCUT2D eigenvalue weighted by Gasteiger charge is -2.29. The van der Waals surface area contributed by atoms with Gasteiger partial charge in [-0.25, -0.2) is 4.39 Å². The molecule has 1 aromatic heterocycles. The Hall–Kier alpha value is -2.72. The molecule has 2 atom stereocenters. The second-order valence-corrected chi connectivity index (χ2v) is 10.9. The molecule has 0 saturated carbocycles. The number of fused-ring (bicyclic) bond motifs is 1. The van der Waals surface area contributed by atoms with E-state index in [9.17, 15) is 19.1 Å². The van der Waals surface area contributed by atoms with E-state index in [1.807, 2.05) is 0 Å². The van der Waals surface area contributed by atoms with Crippen molar-refractivity contribution in [3.8, 4) is 11.5 Å². The number of likely N-dealkylation sites (tertiary alicyclic amines) is 1. The van der Waals surface area contributed by atoms with Gasteiger partial charge in [0.05, 0.1) is 24.1 Å². The van der Waals surface area contributed by atoms with Gasteiger partial charge in [-0.2, -0.15) is 0 Å². The Kier molecular flexibility index (Phi) is 8.69. The summed E-state index contributed by atoms with van der Waals surface area (Å²) in [5.41, 5.74) is 0.207. The molecule has 0 radical (unpaired) electrons. The number of aliphatic hydroxyl groups is 1. The number of hydrogen-bond donors (Lipinski definition) is 2. The summed E-state index contributed by atoms with van der Waals surface area (Å²) in [6.45, 7) is 5.46. The number of amides is 1. The van der Waals surface area contributed by atoms with E-state index in [0.717, 1.165) is 36.0 Å². The van der Waals surface area contributed by atoms with Crippen LogP contribution < -0.4 is 14.8 Å². The topological polar surface area (TPSA) is 88.1 Å². The Morgan fingerprint density at radius 3 is 2.59 bits per heavy atom. The number of ether oxygens (including phenoxy) is 2. The first-order chi connectivity index (χ1) is 17.7. The zero-order chi connectivity index (χ0) is 26.7. The van der Waals surface area contributed by atoms with E-state index < -0.39 is 29.7 Å². The SMILES string of the molecule is COc1cc([C@@H](O)[C@@H](CN2CCCC2)NC(=O)C(=O)c2cc3ccc(Cl)cc3s2)cc(F)c1OC(C)C. The summed E-state index contributed by atoms with van der Waals surface area (Å²) in [4.78, 5) is 28.4. The number of aliphatic hydroxyl groups excluding tert-OH is 1. The molecule has 0 bridgehead atoms. The van der Waals surface area contributed by atoms with Gasteiger partial charge in [0.25, 0.3) is 11.7 Å². The molecule has 198 valence electrons. The predicted molar refractivity (Wildman–Crippen MR) is 142 cm³/mol. The lowest BCUT2D eigenvalue weighted by Crippen LogP contribution is -2.48. The highest BCUT2D eigenvalue weighted by molar-refractivity contribution is 7.21. The van der Waals surface area contributed by atoms with Gasteiger partial charge in [-0.05, 0) is 81.1 Å². The Morgan fingerprint density at radius 1 is 1.19 bits per heavy atom. The maximum absolute atomic E-state index is 15.0. The average molecular weight is 549 g/mol. The van der Waals surface area contributed by atoms with Crippen LogP contribution in [-0.2, 0) is 4.79 Å². The fraction of sp³-hybridized carbons (Fsp3) is 0.407. The van der Waals surface area contributed by atoms with E-state index in [1.54, 1.807) is 38.1 Å². The Balaban J connectivity index is 1.59. The van der Waals surface area contributed by atoms with Crippen molar-refractivity contribution < 1.29 is 28.6 Å². The molecule has 1 fully saturated rings. The van der Waals surface area contributed by atoms with Crippen LogP contribution in [0.5, 0.6) is 11.5 Å². The number of methoxy groups -OCH3 is 1. The smallest absolute Gasteiger partial charge is 0.293 e. The zero-order valence-electron chi connectivity index (χ0n) is 20.9. The van der Waals surface area contributed by atoms with Gasteiger partial charge in [-0.3, -0.25) is 9.59 Å². The number of ketones is 1. The van der Waals surface area contributed by atoms with Crippen molar-refractivity contribution in [1.29, 1.82) is 0 Å². The van der Waals surface area contributed by atoms with Crippen molar-refractivity contribution in [3.63, 3.8) is 0 Å². The van der Waals surface area contributed by atoms with Gasteiger partial charge >= 0.3 is 0 Å². The minimum absolute atomic E-state index is 0.0476. The number of hydrogen-bond acceptors (Lipinski definition) is 7. The molecule has 3 aromatic rings. The van der Waals surface area contributed by atoms with E-state index in [4.69, 9.17) is 21.1 Å². The summed E-state index contributed by atoms with van der Waals surface area (Å²) in [5, 5.41) is 15.3. The van der Waals surface area contributed by atoms with Gasteiger partial charge in [-0.15, -0.1) is 11.3 Å². The number of Topliss-reactive ketones (excluding diaryl/α,β-unsaturated/α-hetero) is 1. The van der Waals surface area contributed by atoms with Crippen LogP contribution in [0.3, 0.4) is 0 Å². The lowest BCUT2D eigenvalue weighted by atomic mass is 10.00. The van der Waals surface area contributed by atoms with Gasteiger partial charge in [0.15, 0.2) is 17.3 Å². The van der Waals surface area contributed by atoms with Gasteiger partial charge in [0, 0.05) is 16.3 Å². The predicted octanol–water partition coefficient (Wildman–Crippen LogP) is 4.99. The molecule has 2 N–H and O–H groups in total. The van der Waals surface area contributed by atoms with Crippen LogP contribution >= 0.6 is 22.9 Å². The molecule has 1 amide bonds. The normalized spacial score (nSPS) is 15.6. The van der Waals surface area contributed by atoms with Crippen molar-refractivity contribution in [3.05, 3.63) is 57.7 Å². The summed E-state index contributed by atoms with van der Waals surface area (Å²) in [6.07, 6.45) is 0.431. The summed E-state index contributed by atoms with van der Waals surface area (Å²) < 4.78 is 26.6. The van der Waals surface area contributed by atoms with Crippen LogP contribution in [0.4, 0.5) is 4.39 Å². The first-order valence-corrected chi connectivity index (χ1v) is 13.3. The van der Waals surface area contributed by atoms with E-state index in [-0.39, 0.29) is 28.0 Å². The van der Waals surface area contributed by atoms with Crippen molar-refractivity contribution in [1.82, 2.24) is 10.2 Å². The number of rotatable bonds is 10. The van der Waals surface area contributed by atoms with Crippen LogP contribution in [0, 0.1) is 5.82 Å². The van der Waals surface area contributed by atoms with Crippen LogP contribution in [0.25, 0.3) is 10.1 Å². The number of benzene rings is 2. The number of nitrogens with one attached hydrogen (secondary N) is 1. The summed E-state index contributed by atoms with van der Waals surface area (Å²) in [7, 11) is 1.39. The molecule has 1 saturated heterocycles. The second-order valence-electron chi connectivity index (χ2n) is 9.36. The van der Waals surface area contributed by atoms with Gasteiger partial charge < -0.3 is 24.8 Å². The molecule has 0 aliphatic carbocycles. The number of carbonyl (C=O) groups excluding carboxylic acids is 2. The largest absolute Gasteiger partial charge is 0.493 e. The average Bonchev–Trinajstić information content (AvgIpc) is 3.53. The number of nitrogens with zero attached hydrogens (tertiary/aromatic N) is 1. The third-order valence-electron chi connectivity index (χ3n) is 6.21. The fourth-order valence-electron chi connectivity index (χ4n) is 4.42. The second kappa shape index (κ2) is 11.8. The van der Waals surface area contributed by atoms with Crippen LogP contribution in [0.1, 0.15) is 48.0 Å². The number of carbonyl (C=O) groups is 2. The maximum atomic E-state index is 15.0. The van der Waals surface area contributed by atoms with Crippen LogP contribution in [0.2, 0.25) is 5.02 Å². The third kappa shape index (κ3) is 6.41. The van der Waals surface area contributed by atoms with Crippen molar-refractivity contribution in [2.45, 2.75) is 44.9 Å². The standard InChI is InChI=1S/C27H30ClFN2O5S/c1-15(2)36-26-19(29)10-17(11-21(26)35-3)24(32)20(14-31-8-4-5-9-31)30-27(34)25(33)23-12-16-6-7-18(28)13-22(16)37-23/h6-7,10-13,15,20,24,32H,4-5,8-9,14H2,1-3H3,(H,30,34)/t20-,24-/m1/s1. The molecule has 37 heavy (non-hydrogen) atoms. The molecular formula is C27H30ClFN2O5S. The summed E-state index contributed by atoms with van der Waals surface area (Å²) >= 11 is 7.22. The quantitative estimate of drug-likeness (QED) is 0.274. The molecule has 2 heterocycles. The lowest BCUT2D eigenvalue weighted by molar-refractivity contribution is -0.118. The van der Waals surface area contributed by atoms with Crippen LogP contribution in [0.15, 0.2) is 36.4 Å². The summed E-state index contributed by atoms with van der Waals surface area (Å²) in [6, 6.07) is 8.70. The zero-order valence-corrected chi connectivity index (χ0v) is 22.5. The molecule has 0 spiro atoms. The molecule has 0 unspecified atom stereocenters. The minimum atomic E-state index is -1.30. The number of halogens is 2. The molecule has 2 aromatic carbocycles. The van der Waals surface area contributed by atoms with E-state index >= 15 is 0 Å². The van der Waals surface area contributed by atoms with E-state index in [0.29, 0.717) is 11.6 Å². The molecular weight excluding hydrogens is 519 g/mol. The summed E-state index contributed by atoms with van der Waals surface area (Å²) in [5.74, 6) is -2.15. The van der Waals surface area contributed by atoms with Crippen molar-refractivity contribution in [2.24, 2.45) is 0 Å². The number of thiophene rings is 1. The fourth-order valence-corrected chi connectivity index (χ4v) is 5.70. The molecule has 1 aliphatic rings. The van der Waals surface area contributed by atoms with E-state index in [2.05, 4.69) is 10.2 Å². The highest BCUT2D eigenvalue weighted by Crippen LogP contribution is 2.35. The van der Waals surface area contributed by atoms with Gasteiger partial charge in [0.1, 0.15) is 6.10 Å².